The summed E-state index contributed by atoms with van der Waals surface area (Å²) in [5.74, 6) is -0.428. The highest BCUT2D eigenvalue weighted by Gasteiger charge is 2.44. The van der Waals surface area contributed by atoms with Gasteiger partial charge in [0.15, 0.2) is 11.5 Å². The fourth-order valence-electron chi connectivity index (χ4n) is 2.58. The molecule has 2 aliphatic rings. The highest BCUT2D eigenvalue weighted by Crippen LogP contribution is 2.42. The second kappa shape index (κ2) is 6.46. The van der Waals surface area contributed by atoms with Crippen LogP contribution in [-0.4, -0.2) is 32.0 Å². The van der Waals surface area contributed by atoms with E-state index < -0.39 is 11.7 Å². The molecule has 1 saturated heterocycles. The summed E-state index contributed by atoms with van der Waals surface area (Å²) in [6, 6.07) is 4.10. The van der Waals surface area contributed by atoms with Crippen LogP contribution in [0.3, 0.4) is 0 Å². The topological polar surface area (TPSA) is 82.8 Å². The molecule has 1 aromatic rings. The molecule has 0 bridgehead atoms. The molecule has 6 nitrogen and oxygen atoms in total. The number of alkyl halides is 2. The number of hydrogen-bond acceptors (Lipinski definition) is 5. The molecule has 0 unspecified atom stereocenters. The summed E-state index contributed by atoms with van der Waals surface area (Å²) in [7, 11) is 0. The second-order valence-electron chi connectivity index (χ2n) is 5.38. The van der Waals surface area contributed by atoms with Crippen LogP contribution in [0.5, 0.6) is 11.5 Å². The molecule has 0 atom stereocenters. The van der Waals surface area contributed by atoms with E-state index in [1.54, 1.807) is 0 Å². The van der Waals surface area contributed by atoms with Crippen molar-refractivity contribution < 1.29 is 27.8 Å². The first kappa shape index (κ1) is 17.7. The van der Waals surface area contributed by atoms with Crippen molar-refractivity contribution in [2.45, 2.75) is 19.1 Å². The van der Waals surface area contributed by atoms with Crippen LogP contribution in [0.1, 0.15) is 12.8 Å². The van der Waals surface area contributed by atoms with Crippen LogP contribution in [0, 0.1) is 5.41 Å². The monoisotopic (exact) mass is 350 g/mol. The van der Waals surface area contributed by atoms with Crippen LogP contribution < -0.4 is 20.5 Å². The van der Waals surface area contributed by atoms with Crippen molar-refractivity contribution >= 4 is 24.0 Å². The number of nitrogens with two attached hydrogens (primary N) is 1. The first-order chi connectivity index (χ1) is 10.4. The number of halogens is 3. The number of fused-ring (bicyclic) bond motifs is 1. The van der Waals surface area contributed by atoms with Crippen LogP contribution in [0.15, 0.2) is 18.2 Å². The van der Waals surface area contributed by atoms with Crippen molar-refractivity contribution in [2.75, 3.05) is 25.1 Å². The van der Waals surface area contributed by atoms with Crippen molar-refractivity contribution in [3.05, 3.63) is 18.2 Å². The normalized spacial score (nSPS) is 20.5. The summed E-state index contributed by atoms with van der Waals surface area (Å²) < 4.78 is 39.9. The van der Waals surface area contributed by atoms with Crippen LogP contribution in [0.2, 0.25) is 0 Å². The molecule has 1 aromatic carbocycles. The summed E-state index contributed by atoms with van der Waals surface area (Å²) in [6.07, 6.45) is -2.62. The van der Waals surface area contributed by atoms with E-state index in [1.165, 1.54) is 18.2 Å². The van der Waals surface area contributed by atoms with E-state index in [0.29, 0.717) is 31.7 Å². The molecule has 0 spiro atoms. The third-order valence-electron chi connectivity index (χ3n) is 3.98. The van der Waals surface area contributed by atoms with E-state index in [2.05, 4.69) is 14.8 Å². The zero-order valence-corrected chi connectivity index (χ0v) is 13.0. The van der Waals surface area contributed by atoms with Gasteiger partial charge in [-0.3, -0.25) is 4.79 Å². The van der Waals surface area contributed by atoms with Gasteiger partial charge in [-0.2, -0.15) is 0 Å². The maximum absolute atomic E-state index is 13.0. The quantitative estimate of drug-likeness (QED) is 0.872. The van der Waals surface area contributed by atoms with Crippen molar-refractivity contribution in [1.29, 1.82) is 0 Å². The number of benzene rings is 1. The fourth-order valence-corrected chi connectivity index (χ4v) is 2.58. The molecule has 3 rings (SSSR count). The zero-order valence-electron chi connectivity index (χ0n) is 12.1. The van der Waals surface area contributed by atoms with Gasteiger partial charge in [0.2, 0.25) is 5.91 Å². The Morgan fingerprint density at radius 3 is 2.52 bits per heavy atom. The molecule has 2 heterocycles. The molecular formula is C14H17ClF2N2O4. The maximum atomic E-state index is 13.0. The van der Waals surface area contributed by atoms with Crippen molar-refractivity contribution in [2.24, 2.45) is 11.1 Å². The van der Waals surface area contributed by atoms with E-state index in [1.807, 2.05) is 0 Å². The summed E-state index contributed by atoms with van der Waals surface area (Å²) in [6.45, 7) is 1.14. The summed E-state index contributed by atoms with van der Waals surface area (Å²) in [5, 5.41) is 2.71. The van der Waals surface area contributed by atoms with Gasteiger partial charge in [0.05, 0.1) is 5.41 Å². The Kier molecular flexibility index (Phi) is 4.98. The van der Waals surface area contributed by atoms with Crippen LogP contribution in [0.4, 0.5) is 14.5 Å². The molecule has 3 N–H and O–H groups in total. The second-order valence-corrected chi connectivity index (χ2v) is 5.38. The van der Waals surface area contributed by atoms with Gasteiger partial charge in [-0.05, 0) is 25.0 Å². The van der Waals surface area contributed by atoms with Gasteiger partial charge in [-0.25, -0.2) is 0 Å². The van der Waals surface area contributed by atoms with Gasteiger partial charge in [-0.1, -0.05) is 0 Å². The lowest BCUT2D eigenvalue weighted by Gasteiger charge is -2.34. The van der Waals surface area contributed by atoms with Crippen molar-refractivity contribution in [1.82, 2.24) is 0 Å². The van der Waals surface area contributed by atoms with Crippen molar-refractivity contribution in [3.63, 3.8) is 0 Å². The smallest absolute Gasteiger partial charge is 0.395 e. The minimum atomic E-state index is -3.68. The van der Waals surface area contributed by atoms with Gasteiger partial charge in [0.1, 0.15) is 0 Å². The average molecular weight is 351 g/mol. The first-order valence-electron chi connectivity index (χ1n) is 6.93. The average Bonchev–Trinajstić information content (AvgIpc) is 2.81. The molecule has 0 saturated carbocycles. The lowest BCUT2D eigenvalue weighted by molar-refractivity contribution is -0.286. The Balaban J connectivity index is 0.00000192. The van der Waals surface area contributed by atoms with Crippen molar-refractivity contribution in [3.8, 4) is 11.5 Å². The van der Waals surface area contributed by atoms with E-state index >= 15 is 0 Å². The zero-order chi connectivity index (χ0) is 15.8. The van der Waals surface area contributed by atoms with E-state index in [4.69, 9.17) is 10.5 Å². The molecule has 0 radical (unpaired) electrons. The summed E-state index contributed by atoms with van der Waals surface area (Å²) in [4.78, 5) is 12.5. The molecule has 23 heavy (non-hydrogen) atoms. The Labute approximate surface area is 137 Å². The van der Waals surface area contributed by atoms with E-state index in [-0.39, 0.29) is 36.4 Å². The molecule has 2 aliphatic heterocycles. The number of ether oxygens (including phenoxy) is 3. The lowest BCUT2D eigenvalue weighted by atomic mass is 9.79. The Hall–Kier alpha value is -1.64. The lowest BCUT2D eigenvalue weighted by Crippen LogP contribution is -2.46. The predicted octanol–water partition coefficient (Wildman–Crippen LogP) is 2.12. The third-order valence-corrected chi connectivity index (χ3v) is 3.98. The maximum Gasteiger partial charge on any atom is 0.586 e. The van der Waals surface area contributed by atoms with Gasteiger partial charge in [0.25, 0.3) is 0 Å². The summed E-state index contributed by atoms with van der Waals surface area (Å²) >= 11 is 0. The minimum absolute atomic E-state index is 0. The number of amides is 1. The number of anilines is 1. The molecule has 9 heteroatoms. The SMILES string of the molecule is Cl.NCC1(C(=O)Nc2ccc3c(c2)OC(F)(F)O3)CCOCC1. The fraction of sp³-hybridized carbons (Fsp3) is 0.500. The first-order valence-corrected chi connectivity index (χ1v) is 6.93. The minimum Gasteiger partial charge on any atom is -0.395 e. The number of carbonyl (C=O) groups is 1. The van der Waals surface area contributed by atoms with E-state index in [9.17, 15) is 13.6 Å². The standard InChI is InChI=1S/C14H16F2N2O4.ClH/c15-14(16)21-10-2-1-9(7-11(10)22-14)18-12(19)13(8-17)3-5-20-6-4-13;/h1-2,7H,3-6,8,17H2,(H,18,19);1H. The largest absolute Gasteiger partial charge is 0.586 e. The predicted molar refractivity (Wildman–Crippen MR) is 80.1 cm³/mol. The van der Waals surface area contributed by atoms with Gasteiger partial charge in [0, 0.05) is 31.5 Å². The Bertz CT molecular complexity index is 594. The Morgan fingerprint density at radius 2 is 1.87 bits per heavy atom. The van der Waals surface area contributed by atoms with Gasteiger partial charge >= 0.3 is 6.29 Å². The van der Waals surface area contributed by atoms with Crippen LogP contribution in [0.25, 0.3) is 0 Å². The number of nitrogens with one attached hydrogen (secondary N) is 1. The highest BCUT2D eigenvalue weighted by atomic mass is 35.5. The molecule has 0 aliphatic carbocycles. The molecule has 1 amide bonds. The van der Waals surface area contributed by atoms with Gasteiger partial charge < -0.3 is 25.3 Å². The van der Waals surface area contributed by atoms with Gasteiger partial charge in [-0.15, -0.1) is 21.2 Å². The molecule has 128 valence electrons. The summed E-state index contributed by atoms with van der Waals surface area (Å²) in [5.41, 5.74) is 5.41. The van der Waals surface area contributed by atoms with Crippen LogP contribution >= 0.6 is 12.4 Å². The van der Waals surface area contributed by atoms with Crippen LogP contribution in [-0.2, 0) is 9.53 Å². The highest BCUT2D eigenvalue weighted by molar-refractivity contribution is 5.96. The molecule has 0 aromatic heterocycles. The number of carbonyl (C=O) groups excluding carboxylic acids is 1. The molecular weight excluding hydrogens is 334 g/mol. The third kappa shape index (κ3) is 3.49. The molecule has 1 fully saturated rings. The van der Waals surface area contributed by atoms with E-state index in [0.717, 1.165) is 0 Å². The Morgan fingerprint density at radius 1 is 1.22 bits per heavy atom. The number of hydrogen-bond donors (Lipinski definition) is 2. The number of rotatable bonds is 3.